The molecule has 0 aliphatic heterocycles. The zero-order valence-corrected chi connectivity index (χ0v) is 12.3. The molecule has 0 amide bonds. The van der Waals surface area contributed by atoms with Crippen molar-refractivity contribution in [2.75, 3.05) is 14.1 Å². The van der Waals surface area contributed by atoms with E-state index < -0.39 is 5.54 Å². The fourth-order valence-electron chi connectivity index (χ4n) is 2.34. The molecular weight excluding hydrogens is 246 g/mol. The van der Waals surface area contributed by atoms with Gasteiger partial charge in [0.1, 0.15) is 0 Å². The van der Waals surface area contributed by atoms with Gasteiger partial charge in [0.15, 0.2) is 5.78 Å². The van der Waals surface area contributed by atoms with Crippen molar-refractivity contribution in [1.82, 2.24) is 4.90 Å². The van der Waals surface area contributed by atoms with Gasteiger partial charge in [-0.05, 0) is 33.0 Å². The molecule has 0 fully saturated rings. The Kier molecular flexibility index (Phi) is 4.35. The third-order valence-electron chi connectivity index (χ3n) is 3.90. The molecule has 2 aromatic rings. The van der Waals surface area contributed by atoms with Crippen molar-refractivity contribution >= 4 is 5.78 Å². The number of ketones is 1. The first kappa shape index (κ1) is 14.5. The number of carbonyl (C=O) groups excluding carboxylic acids is 1. The predicted molar refractivity (Wildman–Crippen MR) is 83.0 cm³/mol. The van der Waals surface area contributed by atoms with Crippen LogP contribution >= 0.6 is 0 Å². The van der Waals surface area contributed by atoms with Gasteiger partial charge in [-0.25, -0.2) is 0 Å². The maximum atomic E-state index is 12.9. The Morgan fingerprint density at radius 2 is 1.45 bits per heavy atom. The molecule has 2 rings (SSSR count). The van der Waals surface area contributed by atoms with Gasteiger partial charge in [0, 0.05) is 5.56 Å². The minimum absolute atomic E-state index is 0.159. The van der Waals surface area contributed by atoms with E-state index in [9.17, 15) is 4.79 Å². The van der Waals surface area contributed by atoms with Crippen LogP contribution in [0.25, 0.3) is 0 Å². The summed E-state index contributed by atoms with van der Waals surface area (Å²) >= 11 is 0. The van der Waals surface area contributed by atoms with E-state index in [-0.39, 0.29) is 5.78 Å². The first-order valence-electron chi connectivity index (χ1n) is 6.85. The number of nitrogens with zero attached hydrogens (tertiary/aromatic N) is 1. The molecule has 20 heavy (non-hydrogen) atoms. The minimum atomic E-state index is -0.539. The van der Waals surface area contributed by atoms with Crippen molar-refractivity contribution in [3.63, 3.8) is 0 Å². The lowest BCUT2D eigenvalue weighted by atomic mass is 9.84. The van der Waals surface area contributed by atoms with Gasteiger partial charge >= 0.3 is 0 Å². The number of carbonyl (C=O) groups is 1. The smallest absolute Gasteiger partial charge is 0.183 e. The first-order chi connectivity index (χ1) is 9.54. The fourth-order valence-corrected chi connectivity index (χ4v) is 2.34. The number of rotatable bonds is 5. The summed E-state index contributed by atoms with van der Waals surface area (Å²) in [6.45, 7) is 2.01. The molecule has 0 unspecified atom stereocenters. The Bertz CT molecular complexity index is 562. The lowest BCUT2D eigenvalue weighted by molar-refractivity contribution is 0.0719. The lowest BCUT2D eigenvalue weighted by Crippen LogP contribution is -2.50. The number of Topliss-reactive ketones (excluding diaryl/α,β-unsaturated/α-hetero) is 1. The summed E-state index contributed by atoms with van der Waals surface area (Å²) in [6.07, 6.45) is 0.703. The molecule has 0 aliphatic carbocycles. The van der Waals surface area contributed by atoms with Gasteiger partial charge < -0.3 is 0 Å². The Labute approximate surface area is 121 Å². The zero-order valence-electron chi connectivity index (χ0n) is 12.3. The van der Waals surface area contributed by atoms with Crippen LogP contribution in [0.5, 0.6) is 0 Å². The van der Waals surface area contributed by atoms with Crippen LogP contribution in [0.2, 0.25) is 0 Å². The molecule has 104 valence electrons. The van der Waals surface area contributed by atoms with Crippen LogP contribution < -0.4 is 0 Å². The summed E-state index contributed by atoms with van der Waals surface area (Å²) in [4.78, 5) is 14.9. The van der Waals surface area contributed by atoms with Crippen LogP contribution in [0.4, 0.5) is 0 Å². The zero-order chi connectivity index (χ0) is 14.6. The highest BCUT2D eigenvalue weighted by Gasteiger charge is 2.36. The molecule has 0 radical (unpaired) electrons. The molecule has 0 N–H and O–H groups in total. The fraction of sp³-hybridized carbons (Fsp3) is 0.278. The van der Waals surface area contributed by atoms with Crippen molar-refractivity contribution in [2.45, 2.75) is 18.9 Å². The molecule has 2 aromatic carbocycles. The van der Waals surface area contributed by atoms with Gasteiger partial charge in [-0.1, -0.05) is 60.7 Å². The quantitative estimate of drug-likeness (QED) is 0.774. The van der Waals surface area contributed by atoms with Crippen molar-refractivity contribution in [3.05, 3.63) is 71.8 Å². The van der Waals surface area contributed by atoms with E-state index in [4.69, 9.17) is 0 Å². The second-order valence-electron chi connectivity index (χ2n) is 5.53. The van der Waals surface area contributed by atoms with Crippen molar-refractivity contribution in [2.24, 2.45) is 0 Å². The molecule has 0 spiro atoms. The van der Waals surface area contributed by atoms with Gasteiger partial charge in [0.2, 0.25) is 0 Å². The second-order valence-corrected chi connectivity index (χ2v) is 5.53. The molecule has 1 atom stereocenters. The SMILES string of the molecule is CN(C)[C@@](C)(Cc1ccccc1)C(=O)c1ccccc1. The normalized spacial score (nSPS) is 14.0. The molecule has 0 aromatic heterocycles. The maximum absolute atomic E-state index is 12.9. The minimum Gasteiger partial charge on any atom is -0.297 e. The Morgan fingerprint density at radius 1 is 0.950 bits per heavy atom. The van der Waals surface area contributed by atoms with Crippen LogP contribution in [0.15, 0.2) is 60.7 Å². The Hall–Kier alpha value is -1.93. The monoisotopic (exact) mass is 267 g/mol. The Morgan fingerprint density at radius 3 is 1.95 bits per heavy atom. The molecule has 0 saturated carbocycles. The average Bonchev–Trinajstić information content (AvgIpc) is 2.48. The maximum Gasteiger partial charge on any atom is 0.183 e. The topological polar surface area (TPSA) is 20.3 Å². The van der Waals surface area contributed by atoms with E-state index in [0.29, 0.717) is 6.42 Å². The van der Waals surface area contributed by atoms with E-state index in [1.807, 2.05) is 74.4 Å². The van der Waals surface area contributed by atoms with Crippen LogP contribution in [-0.4, -0.2) is 30.3 Å². The van der Waals surface area contributed by atoms with E-state index >= 15 is 0 Å². The van der Waals surface area contributed by atoms with Gasteiger partial charge in [-0.15, -0.1) is 0 Å². The van der Waals surface area contributed by atoms with Crippen LogP contribution in [0.1, 0.15) is 22.8 Å². The summed E-state index contributed by atoms with van der Waals surface area (Å²) in [5.74, 6) is 0.159. The standard InChI is InChI=1S/C18H21NO/c1-18(19(2)3,14-15-10-6-4-7-11-15)17(20)16-12-8-5-9-13-16/h4-13H,14H2,1-3H3/t18-/m0/s1. The van der Waals surface area contributed by atoms with Gasteiger partial charge in [0.05, 0.1) is 5.54 Å². The van der Waals surface area contributed by atoms with Gasteiger partial charge in [0.25, 0.3) is 0 Å². The number of benzene rings is 2. The van der Waals surface area contributed by atoms with Gasteiger partial charge in [-0.3, -0.25) is 9.69 Å². The first-order valence-corrected chi connectivity index (χ1v) is 6.85. The summed E-state index contributed by atoms with van der Waals surface area (Å²) in [5, 5.41) is 0. The molecule has 0 saturated heterocycles. The highest BCUT2D eigenvalue weighted by molar-refractivity contribution is 6.03. The third-order valence-corrected chi connectivity index (χ3v) is 3.90. The van der Waals surface area contributed by atoms with Crippen LogP contribution in [0.3, 0.4) is 0 Å². The van der Waals surface area contributed by atoms with E-state index in [1.54, 1.807) is 0 Å². The highest BCUT2D eigenvalue weighted by Crippen LogP contribution is 2.23. The molecule has 0 heterocycles. The number of likely N-dealkylation sites (N-methyl/N-ethyl adjacent to an activating group) is 1. The van der Waals surface area contributed by atoms with Crippen molar-refractivity contribution < 1.29 is 4.79 Å². The second kappa shape index (κ2) is 6.02. The molecular formula is C18H21NO. The van der Waals surface area contributed by atoms with Crippen LogP contribution in [-0.2, 0) is 6.42 Å². The molecule has 2 heteroatoms. The predicted octanol–water partition coefficient (Wildman–Crippen LogP) is 3.43. The van der Waals surface area contributed by atoms with E-state index in [2.05, 4.69) is 12.1 Å². The van der Waals surface area contributed by atoms with Crippen molar-refractivity contribution in [3.8, 4) is 0 Å². The summed E-state index contributed by atoms with van der Waals surface area (Å²) in [6, 6.07) is 19.7. The summed E-state index contributed by atoms with van der Waals surface area (Å²) < 4.78 is 0. The summed E-state index contributed by atoms with van der Waals surface area (Å²) in [5.41, 5.74) is 1.40. The largest absolute Gasteiger partial charge is 0.297 e. The number of hydrogen-bond acceptors (Lipinski definition) is 2. The van der Waals surface area contributed by atoms with Gasteiger partial charge in [-0.2, -0.15) is 0 Å². The summed E-state index contributed by atoms with van der Waals surface area (Å²) in [7, 11) is 3.92. The van der Waals surface area contributed by atoms with E-state index in [0.717, 1.165) is 5.56 Å². The molecule has 0 bridgehead atoms. The van der Waals surface area contributed by atoms with Crippen molar-refractivity contribution in [1.29, 1.82) is 0 Å². The average molecular weight is 267 g/mol. The highest BCUT2D eigenvalue weighted by atomic mass is 16.1. The van der Waals surface area contributed by atoms with E-state index in [1.165, 1.54) is 5.56 Å². The van der Waals surface area contributed by atoms with Crippen LogP contribution in [0, 0.1) is 0 Å². The molecule has 0 aliphatic rings. The number of hydrogen-bond donors (Lipinski definition) is 0. The molecule has 2 nitrogen and oxygen atoms in total. The lowest BCUT2D eigenvalue weighted by Gasteiger charge is -2.35. The Balaban J connectivity index is 2.33. The third kappa shape index (κ3) is 2.97.